The van der Waals surface area contributed by atoms with E-state index in [9.17, 15) is 8.78 Å². The molecule has 4 nitrogen and oxygen atoms in total. The number of rotatable bonds is 7. The van der Waals surface area contributed by atoms with Crippen LogP contribution in [-0.4, -0.2) is 56.6 Å². The maximum atomic E-state index is 12.4. The molecule has 0 spiro atoms. The molecule has 3 aliphatic rings. The number of halogens is 3. The first-order chi connectivity index (χ1) is 11.2. The van der Waals surface area contributed by atoms with E-state index in [0.29, 0.717) is 6.04 Å². The van der Waals surface area contributed by atoms with E-state index in [-0.39, 0.29) is 30.5 Å². The predicted molar refractivity (Wildman–Crippen MR) is 104 cm³/mol. The molecular weight excluding hydrogens is 425 g/mol. The molecule has 140 valence electrons. The lowest BCUT2D eigenvalue weighted by Gasteiger charge is -2.33. The zero-order valence-electron chi connectivity index (χ0n) is 14.5. The third kappa shape index (κ3) is 6.28. The lowest BCUT2D eigenvalue weighted by Crippen LogP contribution is -2.50. The highest BCUT2D eigenvalue weighted by Gasteiger charge is 2.41. The summed E-state index contributed by atoms with van der Waals surface area (Å²) in [5, 5.41) is 6.99. The van der Waals surface area contributed by atoms with E-state index in [0.717, 1.165) is 56.2 Å². The number of nitrogens with zero attached hydrogens (tertiary/aromatic N) is 2. The van der Waals surface area contributed by atoms with Gasteiger partial charge in [-0.3, -0.25) is 9.89 Å². The van der Waals surface area contributed by atoms with Crippen LogP contribution in [0.1, 0.15) is 38.5 Å². The van der Waals surface area contributed by atoms with Crippen LogP contribution in [0.3, 0.4) is 0 Å². The van der Waals surface area contributed by atoms with Gasteiger partial charge in [0.25, 0.3) is 6.43 Å². The summed E-state index contributed by atoms with van der Waals surface area (Å²) >= 11 is 0. The normalized spacial score (nSPS) is 23.5. The van der Waals surface area contributed by atoms with Gasteiger partial charge in [-0.05, 0) is 56.3 Å². The van der Waals surface area contributed by atoms with Crippen molar-refractivity contribution in [3.05, 3.63) is 0 Å². The Morgan fingerprint density at radius 1 is 1.08 bits per heavy atom. The van der Waals surface area contributed by atoms with E-state index in [1.807, 2.05) is 11.9 Å². The van der Waals surface area contributed by atoms with E-state index in [4.69, 9.17) is 0 Å². The smallest absolute Gasteiger partial charge is 0.251 e. The van der Waals surface area contributed by atoms with Crippen molar-refractivity contribution in [2.24, 2.45) is 22.7 Å². The predicted octanol–water partition coefficient (Wildman–Crippen LogP) is 2.94. The Labute approximate surface area is 161 Å². The molecule has 0 unspecified atom stereocenters. The van der Waals surface area contributed by atoms with E-state index in [1.54, 1.807) is 0 Å². The molecule has 1 aliphatic heterocycles. The van der Waals surface area contributed by atoms with Crippen molar-refractivity contribution in [1.29, 1.82) is 0 Å². The largest absolute Gasteiger partial charge is 0.356 e. The Balaban J connectivity index is 0.00000208. The number of alkyl halides is 2. The number of hydrogen-bond acceptors (Lipinski definition) is 2. The number of aliphatic imine (C=N–C) groups is 1. The number of likely N-dealkylation sites (tertiary alicyclic amines) is 1. The topological polar surface area (TPSA) is 39.7 Å². The molecule has 3 fully saturated rings. The van der Waals surface area contributed by atoms with Crippen LogP contribution in [0.2, 0.25) is 0 Å². The molecule has 0 aromatic carbocycles. The Bertz CT molecular complexity index is 393. The second-order valence-electron chi connectivity index (χ2n) is 7.40. The molecule has 7 heteroatoms. The van der Waals surface area contributed by atoms with Gasteiger partial charge in [-0.1, -0.05) is 0 Å². The fraction of sp³-hybridized carbons (Fsp3) is 0.941. The van der Waals surface area contributed by atoms with Crippen molar-refractivity contribution in [3.8, 4) is 0 Å². The molecule has 0 amide bonds. The zero-order chi connectivity index (χ0) is 16.2. The fourth-order valence-electron chi connectivity index (χ4n) is 3.82. The van der Waals surface area contributed by atoms with Crippen LogP contribution in [0.15, 0.2) is 4.99 Å². The molecule has 2 N–H and O–H groups in total. The van der Waals surface area contributed by atoms with Crippen LogP contribution in [0, 0.1) is 17.8 Å². The second kappa shape index (κ2) is 9.50. The Morgan fingerprint density at radius 2 is 1.67 bits per heavy atom. The molecule has 0 aromatic rings. The molecule has 0 atom stereocenters. The van der Waals surface area contributed by atoms with E-state index in [1.165, 1.54) is 25.7 Å². The van der Waals surface area contributed by atoms with Crippen LogP contribution < -0.4 is 10.6 Å². The van der Waals surface area contributed by atoms with Gasteiger partial charge in [0.15, 0.2) is 5.96 Å². The van der Waals surface area contributed by atoms with Crippen LogP contribution in [0.4, 0.5) is 8.78 Å². The van der Waals surface area contributed by atoms with Crippen LogP contribution >= 0.6 is 24.0 Å². The third-order valence-corrected chi connectivity index (χ3v) is 5.51. The number of nitrogens with one attached hydrogen (secondary N) is 2. The van der Waals surface area contributed by atoms with Crippen molar-refractivity contribution in [2.75, 3.05) is 33.2 Å². The molecule has 1 heterocycles. The number of guanidine groups is 1. The summed E-state index contributed by atoms with van der Waals surface area (Å²) in [6.07, 6.45) is 5.18. The molecule has 0 bridgehead atoms. The molecule has 0 aromatic heterocycles. The van der Waals surface area contributed by atoms with Crippen molar-refractivity contribution >= 4 is 29.9 Å². The molecule has 1 saturated heterocycles. The minimum Gasteiger partial charge on any atom is -0.356 e. The fourth-order valence-corrected chi connectivity index (χ4v) is 3.82. The quantitative estimate of drug-likeness (QED) is 0.352. The van der Waals surface area contributed by atoms with E-state index in [2.05, 4.69) is 15.6 Å². The summed E-state index contributed by atoms with van der Waals surface area (Å²) in [6, 6.07) is 0.343. The summed E-state index contributed by atoms with van der Waals surface area (Å²) < 4.78 is 24.8. The first-order valence-electron chi connectivity index (χ1n) is 9.13. The third-order valence-electron chi connectivity index (χ3n) is 5.51. The van der Waals surface area contributed by atoms with Crippen molar-refractivity contribution < 1.29 is 8.78 Å². The van der Waals surface area contributed by atoms with Gasteiger partial charge in [-0.25, -0.2) is 8.78 Å². The van der Waals surface area contributed by atoms with Gasteiger partial charge >= 0.3 is 0 Å². The molecule has 2 saturated carbocycles. The summed E-state index contributed by atoms with van der Waals surface area (Å²) in [6.45, 7) is 2.42. The average Bonchev–Trinajstić information content (AvgIpc) is 3.41. The maximum Gasteiger partial charge on any atom is 0.251 e. The minimum atomic E-state index is -2.23. The van der Waals surface area contributed by atoms with Gasteiger partial charge in [-0.15, -0.1) is 24.0 Å². The molecule has 3 rings (SSSR count). The maximum absolute atomic E-state index is 12.4. The highest BCUT2D eigenvalue weighted by atomic mass is 127. The highest BCUT2D eigenvalue weighted by Crippen LogP contribution is 2.48. The summed E-state index contributed by atoms with van der Waals surface area (Å²) in [4.78, 5) is 6.20. The second-order valence-corrected chi connectivity index (χ2v) is 7.40. The van der Waals surface area contributed by atoms with Crippen LogP contribution in [0.5, 0.6) is 0 Å². The number of piperidine rings is 1. The molecule has 0 radical (unpaired) electrons. The standard InChI is InChI=1S/C17H30F2N4.HI/c1-20-17(21-10-15(12-2-3-12)13-4-5-13)22-14-6-8-23(9-7-14)11-16(18)19;/h12-16H,2-11H2,1H3,(H2,20,21,22);1H. The zero-order valence-corrected chi connectivity index (χ0v) is 16.8. The van der Waals surface area contributed by atoms with E-state index >= 15 is 0 Å². The van der Waals surface area contributed by atoms with Gasteiger partial charge in [0.05, 0.1) is 6.54 Å². The molecule has 24 heavy (non-hydrogen) atoms. The average molecular weight is 456 g/mol. The summed E-state index contributed by atoms with van der Waals surface area (Å²) in [5.74, 6) is 3.57. The Kier molecular flexibility index (Phi) is 7.97. The van der Waals surface area contributed by atoms with Gasteiger partial charge in [0.2, 0.25) is 0 Å². The number of hydrogen-bond donors (Lipinski definition) is 2. The van der Waals surface area contributed by atoms with Gasteiger partial charge in [0.1, 0.15) is 0 Å². The van der Waals surface area contributed by atoms with Gasteiger partial charge in [-0.2, -0.15) is 0 Å². The van der Waals surface area contributed by atoms with Crippen LogP contribution in [-0.2, 0) is 0 Å². The Hall–Kier alpha value is -0.180. The van der Waals surface area contributed by atoms with E-state index < -0.39 is 6.43 Å². The summed E-state index contributed by atoms with van der Waals surface area (Å²) in [7, 11) is 1.81. The van der Waals surface area contributed by atoms with Gasteiger partial charge in [0, 0.05) is 32.7 Å². The lowest BCUT2D eigenvalue weighted by molar-refractivity contribution is 0.0744. The minimum absolute atomic E-state index is 0. The Morgan fingerprint density at radius 3 is 2.12 bits per heavy atom. The summed E-state index contributed by atoms with van der Waals surface area (Å²) in [5.41, 5.74) is 0. The first kappa shape index (κ1) is 20.1. The van der Waals surface area contributed by atoms with Crippen molar-refractivity contribution in [2.45, 2.75) is 51.0 Å². The SMILES string of the molecule is CN=C(NCC(C1CC1)C1CC1)NC1CCN(CC(F)F)CC1.I. The van der Waals surface area contributed by atoms with Crippen molar-refractivity contribution in [1.82, 2.24) is 15.5 Å². The first-order valence-corrected chi connectivity index (χ1v) is 9.13. The molecule has 2 aliphatic carbocycles. The van der Waals surface area contributed by atoms with Crippen molar-refractivity contribution in [3.63, 3.8) is 0 Å². The van der Waals surface area contributed by atoms with Crippen LogP contribution in [0.25, 0.3) is 0 Å². The highest BCUT2D eigenvalue weighted by molar-refractivity contribution is 14.0. The van der Waals surface area contributed by atoms with Gasteiger partial charge < -0.3 is 10.6 Å². The lowest BCUT2D eigenvalue weighted by atomic mass is 9.98. The monoisotopic (exact) mass is 456 g/mol. The molecular formula is C17H31F2IN4.